The molecule has 2 fully saturated rings. The lowest BCUT2D eigenvalue weighted by molar-refractivity contribution is 0.0116. The van der Waals surface area contributed by atoms with Crippen LogP contribution in [0.15, 0.2) is 24.3 Å². The van der Waals surface area contributed by atoms with Crippen molar-refractivity contribution in [1.29, 1.82) is 0 Å². The highest BCUT2D eigenvalue weighted by Gasteiger charge is 2.28. The Morgan fingerprint density at radius 3 is 1.90 bits per heavy atom. The van der Waals surface area contributed by atoms with Gasteiger partial charge >= 0.3 is 0 Å². The zero-order valence-corrected chi connectivity index (χ0v) is 24.3. The first-order chi connectivity index (χ1) is 19.4. The van der Waals surface area contributed by atoms with Crippen LogP contribution in [0, 0.1) is 29.2 Å². The Morgan fingerprint density at radius 2 is 1.23 bits per heavy atom. The molecule has 0 heterocycles. The number of benzene rings is 2. The van der Waals surface area contributed by atoms with Gasteiger partial charge in [-0.1, -0.05) is 77.0 Å². The third kappa shape index (κ3) is 8.02. The van der Waals surface area contributed by atoms with Crippen LogP contribution >= 0.6 is 0 Å². The van der Waals surface area contributed by atoms with Gasteiger partial charge < -0.3 is 9.47 Å². The fraction of sp³-hybridized carbons (Fsp3) is 0.647. The monoisotopic (exact) mass is 562 g/mol. The second-order valence-corrected chi connectivity index (χ2v) is 12.1. The van der Waals surface area contributed by atoms with E-state index in [0.29, 0.717) is 49.3 Å². The Kier molecular flexibility index (Phi) is 11.8. The molecular formula is C34H46F4O2. The summed E-state index contributed by atoms with van der Waals surface area (Å²) in [4.78, 5) is 0. The number of hydrogen-bond donors (Lipinski definition) is 0. The summed E-state index contributed by atoms with van der Waals surface area (Å²) in [7, 11) is 0. The molecule has 0 aliphatic heterocycles. The molecule has 2 nitrogen and oxygen atoms in total. The van der Waals surface area contributed by atoms with Gasteiger partial charge in [0.1, 0.15) is 0 Å². The second-order valence-electron chi connectivity index (χ2n) is 12.1. The van der Waals surface area contributed by atoms with Gasteiger partial charge in [0.25, 0.3) is 0 Å². The van der Waals surface area contributed by atoms with E-state index in [9.17, 15) is 17.6 Å². The van der Waals surface area contributed by atoms with Crippen molar-refractivity contribution in [3.05, 3.63) is 64.2 Å². The molecule has 0 amide bonds. The van der Waals surface area contributed by atoms with Crippen molar-refractivity contribution in [2.24, 2.45) is 5.92 Å². The maximum Gasteiger partial charge on any atom is 0.200 e. The molecule has 0 radical (unpaired) electrons. The maximum atomic E-state index is 14.9. The first-order valence-corrected chi connectivity index (χ1v) is 15.6. The van der Waals surface area contributed by atoms with E-state index < -0.39 is 23.3 Å². The lowest BCUT2D eigenvalue weighted by Gasteiger charge is -2.29. The van der Waals surface area contributed by atoms with Crippen LogP contribution in [0.4, 0.5) is 17.6 Å². The predicted molar refractivity (Wildman–Crippen MR) is 152 cm³/mol. The van der Waals surface area contributed by atoms with Crippen LogP contribution in [-0.4, -0.2) is 12.7 Å². The van der Waals surface area contributed by atoms with E-state index in [4.69, 9.17) is 9.47 Å². The third-order valence-corrected chi connectivity index (χ3v) is 9.07. The lowest BCUT2D eigenvalue weighted by atomic mass is 9.79. The molecule has 0 N–H and O–H groups in total. The van der Waals surface area contributed by atoms with E-state index in [0.717, 1.165) is 44.9 Å². The summed E-state index contributed by atoms with van der Waals surface area (Å²) < 4.78 is 70.9. The minimum atomic E-state index is -0.912. The summed E-state index contributed by atoms with van der Waals surface area (Å²) in [5.41, 5.74) is 1.10. The molecule has 0 atom stereocenters. The highest BCUT2D eigenvalue weighted by Crippen LogP contribution is 2.39. The van der Waals surface area contributed by atoms with Gasteiger partial charge in [0.15, 0.2) is 23.2 Å². The maximum absolute atomic E-state index is 14.9. The van der Waals surface area contributed by atoms with Crippen molar-refractivity contribution in [2.45, 2.75) is 128 Å². The van der Waals surface area contributed by atoms with E-state index >= 15 is 0 Å². The molecule has 2 aromatic rings. The minimum Gasteiger partial charge on any atom is -0.490 e. The fourth-order valence-corrected chi connectivity index (χ4v) is 6.39. The largest absolute Gasteiger partial charge is 0.490 e. The molecule has 0 spiro atoms. The Bertz CT molecular complexity index is 1070. The van der Waals surface area contributed by atoms with Crippen LogP contribution in [-0.2, 0) is 11.3 Å². The van der Waals surface area contributed by atoms with Gasteiger partial charge in [0, 0.05) is 5.56 Å². The van der Waals surface area contributed by atoms with E-state index in [2.05, 4.69) is 13.8 Å². The average molecular weight is 563 g/mol. The molecular weight excluding hydrogens is 516 g/mol. The summed E-state index contributed by atoms with van der Waals surface area (Å²) >= 11 is 0. The summed E-state index contributed by atoms with van der Waals surface area (Å²) in [6.07, 6.45) is 13.0. The quantitative estimate of drug-likeness (QED) is 0.179. The van der Waals surface area contributed by atoms with Crippen molar-refractivity contribution in [3.8, 4) is 5.75 Å². The zero-order chi connectivity index (χ0) is 28.5. The Hall–Kier alpha value is -2.08. The number of rotatable bonds is 13. The van der Waals surface area contributed by atoms with Crippen LogP contribution in [0.2, 0.25) is 0 Å². The van der Waals surface area contributed by atoms with Crippen molar-refractivity contribution in [2.75, 3.05) is 6.61 Å². The summed E-state index contributed by atoms with van der Waals surface area (Å²) in [6.45, 7) is 4.77. The molecule has 0 aromatic heterocycles. The standard InChI is InChI=1S/C34H46F4O2/c1-3-4-5-6-7-8-21-39-30-20-19-29(33(37)34(30)38)25-13-16-27(17-14-25)40-22-26-15-18-28(32(36)31(26)35)24-11-9-23(2)10-12-24/h15,18-20,23-25,27H,3-14,16-17,21-22H2,1-2H3. The predicted octanol–water partition coefficient (Wildman–Crippen LogP) is 10.5. The number of unbranched alkanes of at least 4 members (excludes halogenated alkanes) is 5. The Morgan fingerprint density at radius 1 is 0.650 bits per heavy atom. The van der Waals surface area contributed by atoms with Crippen molar-refractivity contribution in [1.82, 2.24) is 0 Å². The lowest BCUT2D eigenvalue weighted by Crippen LogP contribution is -2.22. The zero-order valence-electron chi connectivity index (χ0n) is 24.3. The molecule has 6 heteroatoms. The van der Waals surface area contributed by atoms with Crippen LogP contribution < -0.4 is 4.74 Å². The molecule has 0 bridgehead atoms. The Labute approximate surface area is 237 Å². The molecule has 0 unspecified atom stereocenters. The number of hydrogen-bond acceptors (Lipinski definition) is 2. The van der Waals surface area contributed by atoms with E-state index in [1.165, 1.54) is 19.3 Å². The highest BCUT2D eigenvalue weighted by molar-refractivity contribution is 5.33. The van der Waals surface area contributed by atoms with Gasteiger partial charge in [-0.25, -0.2) is 13.2 Å². The molecule has 2 aliphatic carbocycles. The van der Waals surface area contributed by atoms with Crippen LogP contribution in [0.25, 0.3) is 0 Å². The summed E-state index contributed by atoms with van der Waals surface area (Å²) in [6, 6.07) is 6.58. The molecule has 222 valence electrons. The van der Waals surface area contributed by atoms with Crippen molar-refractivity contribution in [3.63, 3.8) is 0 Å². The van der Waals surface area contributed by atoms with E-state index in [1.807, 2.05) is 0 Å². The van der Waals surface area contributed by atoms with Gasteiger partial charge in [0.2, 0.25) is 5.82 Å². The van der Waals surface area contributed by atoms with Crippen molar-refractivity contribution >= 4 is 0 Å². The highest BCUT2D eigenvalue weighted by atomic mass is 19.2. The topological polar surface area (TPSA) is 18.5 Å². The SMILES string of the molecule is CCCCCCCCOc1ccc(C2CCC(OCc3ccc(C4CCC(C)CC4)c(F)c3F)CC2)c(F)c1F. The number of halogens is 4. The van der Waals surface area contributed by atoms with Crippen molar-refractivity contribution < 1.29 is 27.0 Å². The summed E-state index contributed by atoms with van der Waals surface area (Å²) in [5.74, 6) is -2.67. The molecule has 2 saturated carbocycles. The molecule has 0 saturated heterocycles. The smallest absolute Gasteiger partial charge is 0.200 e. The fourth-order valence-electron chi connectivity index (χ4n) is 6.39. The van der Waals surface area contributed by atoms with Gasteiger partial charge in [0.05, 0.1) is 19.3 Å². The molecule has 40 heavy (non-hydrogen) atoms. The van der Waals surface area contributed by atoms with Gasteiger partial charge in [-0.15, -0.1) is 0 Å². The normalized spacial score (nSPS) is 23.4. The van der Waals surface area contributed by atoms with E-state index in [-0.39, 0.29) is 35.9 Å². The van der Waals surface area contributed by atoms with Gasteiger partial charge in [-0.3, -0.25) is 0 Å². The van der Waals surface area contributed by atoms with Gasteiger partial charge in [-0.2, -0.15) is 4.39 Å². The second kappa shape index (κ2) is 15.2. The molecule has 2 aromatic carbocycles. The first-order valence-electron chi connectivity index (χ1n) is 15.6. The first kappa shape index (κ1) is 30.9. The average Bonchev–Trinajstić information content (AvgIpc) is 2.96. The number of ether oxygens (including phenoxy) is 2. The van der Waals surface area contributed by atoms with Crippen LogP contribution in [0.3, 0.4) is 0 Å². The van der Waals surface area contributed by atoms with E-state index in [1.54, 1.807) is 24.3 Å². The van der Waals surface area contributed by atoms with Gasteiger partial charge in [-0.05, 0) is 79.9 Å². The summed E-state index contributed by atoms with van der Waals surface area (Å²) in [5, 5.41) is 0. The van der Waals surface area contributed by atoms with Crippen LogP contribution in [0.1, 0.15) is 132 Å². The van der Waals surface area contributed by atoms with Crippen LogP contribution in [0.5, 0.6) is 5.75 Å². The molecule has 2 aliphatic rings. The molecule has 4 rings (SSSR count). The third-order valence-electron chi connectivity index (χ3n) is 9.07. The minimum absolute atomic E-state index is 0.00764. The Balaban J connectivity index is 1.24.